The summed E-state index contributed by atoms with van der Waals surface area (Å²) in [6.45, 7) is 3.03. The van der Waals surface area contributed by atoms with E-state index in [4.69, 9.17) is 4.74 Å². The maximum atomic E-state index is 11.7. The molecule has 0 unspecified atom stereocenters. The van der Waals surface area contributed by atoms with E-state index in [2.05, 4.69) is 11.4 Å². The quantitative estimate of drug-likeness (QED) is 0.936. The zero-order valence-electron chi connectivity index (χ0n) is 12.1. The molecule has 1 heterocycles. The molecule has 1 N–H and O–H groups in total. The Hall–Kier alpha value is -2.13. The molecule has 3 nitrogen and oxygen atoms in total. The molecule has 2 aromatic carbocycles. The largest absolute Gasteiger partial charge is 0.489 e. The van der Waals surface area contributed by atoms with Crippen LogP contribution in [0.15, 0.2) is 48.5 Å². The van der Waals surface area contributed by atoms with E-state index in [0.717, 1.165) is 29.8 Å². The van der Waals surface area contributed by atoms with Crippen molar-refractivity contribution in [1.29, 1.82) is 0 Å². The standard InChI is InChI=1S/C18H19NO2/c1-13(20)18-17-8-7-16(11-15(17)9-10-19-18)21-12-14-5-3-2-4-6-14/h2-8,11,18-19H,9-10,12H2,1H3/t18-/m1/s1. The zero-order chi connectivity index (χ0) is 14.7. The smallest absolute Gasteiger partial charge is 0.151 e. The molecule has 0 bridgehead atoms. The van der Waals surface area contributed by atoms with E-state index in [-0.39, 0.29) is 11.8 Å². The van der Waals surface area contributed by atoms with Gasteiger partial charge < -0.3 is 10.1 Å². The highest BCUT2D eigenvalue weighted by atomic mass is 16.5. The van der Waals surface area contributed by atoms with E-state index >= 15 is 0 Å². The van der Waals surface area contributed by atoms with Crippen molar-refractivity contribution in [2.24, 2.45) is 0 Å². The van der Waals surface area contributed by atoms with Crippen molar-refractivity contribution in [2.45, 2.75) is 26.0 Å². The molecule has 0 amide bonds. The molecule has 0 fully saturated rings. The van der Waals surface area contributed by atoms with Crippen LogP contribution in [0.4, 0.5) is 0 Å². The van der Waals surface area contributed by atoms with Crippen LogP contribution in [0.5, 0.6) is 5.75 Å². The Morgan fingerprint density at radius 1 is 1.24 bits per heavy atom. The molecular weight excluding hydrogens is 262 g/mol. The third kappa shape index (κ3) is 3.14. The van der Waals surface area contributed by atoms with Gasteiger partial charge in [0.2, 0.25) is 0 Å². The number of ether oxygens (including phenoxy) is 1. The Kier molecular flexibility index (Phi) is 4.02. The van der Waals surface area contributed by atoms with Gasteiger partial charge in [-0.25, -0.2) is 0 Å². The van der Waals surface area contributed by atoms with Gasteiger partial charge in [0.15, 0.2) is 5.78 Å². The number of hydrogen-bond acceptors (Lipinski definition) is 3. The summed E-state index contributed by atoms with van der Waals surface area (Å²) in [6, 6.07) is 16.0. The monoisotopic (exact) mass is 281 g/mol. The average molecular weight is 281 g/mol. The Labute approximate surface area is 124 Å². The molecule has 1 aliphatic rings. The Morgan fingerprint density at radius 3 is 2.81 bits per heavy atom. The minimum atomic E-state index is -0.170. The number of fused-ring (bicyclic) bond motifs is 1. The lowest BCUT2D eigenvalue weighted by molar-refractivity contribution is -0.119. The lowest BCUT2D eigenvalue weighted by Gasteiger charge is -2.25. The van der Waals surface area contributed by atoms with Gasteiger partial charge in [-0.1, -0.05) is 36.4 Å². The number of rotatable bonds is 4. The van der Waals surface area contributed by atoms with Crippen molar-refractivity contribution < 1.29 is 9.53 Å². The Morgan fingerprint density at radius 2 is 2.05 bits per heavy atom. The zero-order valence-corrected chi connectivity index (χ0v) is 12.1. The van der Waals surface area contributed by atoms with E-state index in [1.807, 2.05) is 42.5 Å². The molecule has 108 valence electrons. The summed E-state index contributed by atoms with van der Waals surface area (Å²) >= 11 is 0. The van der Waals surface area contributed by atoms with Crippen molar-refractivity contribution in [3.63, 3.8) is 0 Å². The summed E-state index contributed by atoms with van der Waals surface area (Å²) in [5, 5.41) is 3.26. The van der Waals surface area contributed by atoms with Crippen LogP contribution < -0.4 is 10.1 Å². The number of nitrogens with one attached hydrogen (secondary N) is 1. The number of benzene rings is 2. The van der Waals surface area contributed by atoms with E-state index < -0.39 is 0 Å². The van der Waals surface area contributed by atoms with Gasteiger partial charge in [-0.3, -0.25) is 4.79 Å². The van der Waals surface area contributed by atoms with Crippen LogP contribution in [-0.2, 0) is 17.8 Å². The number of Topliss-reactive ketones (excluding diaryl/α,β-unsaturated/α-hetero) is 1. The number of carbonyl (C=O) groups is 1. The Balaban J connectivity index is 1.75. The second-order valence-corrected chi connectivity index (χ2v) is 5.38. The van der Waals surface area contributed by atoms with Crippen LogP contribution in [0.25, 0.3) is 0 Å². The third-order valence-corrected chi connectivity index (χ3v) is 3.82. The third-order valence-electron chi connectivity index (χ3n) is 3.82. The van der Waals surface area contributed by atoms with Crippen LogP contribution in [-0.4, -0.2) is 12.3 Å². The van der Waals surface area contributed by atoms with Crippen LogP contribution in [0.2, 0.25) is 0 Å². The minimum absolute atomic E-state index is 0.161. The maximum Gasteiger partial charge on any atom is 0.151 e. The van der Waals surface area contributed by atoms with Crippen LogP contribution in [0, 0.1) is 0 Å². The van der Waals surface area contributed by atoms with E-state index in [1.54, 1.807) is 6.92 Å². The summed E-state index contributed by atoms with van der Waals surface area (Å²) in [5.74, 6) is 1.02. The second kappa shape index (κ2) is 6.10. The fraction of sp³-hybridized carbons (Fsp3) is 0.278. The van der Waals surface area contributed by atoms with Gasteiger partial charge >= 0.3 is 0 Å². The molecule has 21 heavy (non-hydrogen) atoms. The van der Waals surface area contributed by atoms with E-state index in [1.165, 1.54) is 5.56 Å². The van der Waals surface area contributed by atoms with Crippen LogP contribution in [0.3, 0.4) is 0 Å². The summed E-state index contributed by atoms with van der Waals surface area (Å²) in [5.41, 5.74) is 3.44. The molecule has 0 aliphatic carbocycles. The van der Waals surface area contributed by atoms with Crippen molar-refractivity contribution in [2.75, 3.05) is 6.54 Å². The average Bonchev–Trinajstić information content (AvgIpc) is 2.53. The minimum Gasteiger partial charge on any atom is -0.489 e. The first kappa shape index (κ1) is 13.8. The fourth-order valence-corrected chi connectivity index (χ4v) is 2.73. The fourth-order valence-electron chi connectivity index (χ4n) is 2.73. The second-order valence-electron chi connectivity index (χ2n) is 5.38. The number of ketones is 1. The van der Waals surface area contributed by atoms with Gasteiger partial charge in [0.1, 0.15) is 12.4 Å². The van der Waals surface area contributed by atoms with Gasteiger partial charge in [-0.2, -0.15) is 0 Å². The molecule has 0 saturated carbocycles. The highest BCUT2D eigenvalue weighted by molar-refractivity contribution is 5.83. The molecule has 0 radical (unpaired) electrons. The van der Waals surface area contributed by atoms with E-state index in [9.17, 15) is 4.79 Å². The van der Waals surface area contributed by atoms with Gasteiger partial charge in [-0.05, 0) is 42.2 Å². The van der Waals surface area contributed by atoms with Crippen LogP contribution in [0.1, 0.15) is 29.7 Å². The molecular formula is C18H19NO2. The topological polar surface area (TPSA) is 38.3 Å². The predicted molar refractivity (Wildman–Crippen MR) is 82.3 cm³/mol. The predicted octanol–water partition coefficient (Wildman–Crippen LogP) is 3.04. The van der Waals surface area contributed by atoms with Crippen molar-refractivity contribution >= 4 is 5.78 Å². The van der Waals surface area contributed by atoms with Gasteiger partial charge in [0.25, 0.3) is 0 Å². The first-order chi connectivity index (χ1) is 10.2. The van der Waals surface area contributed by atoms with Gasteiger partial charge in [0.05, 0.1) is 6.04 Å². The number of carbonyl (C=O) groups excluding carboxylic acids is 1. The normalized spacial score (nSPS) is 17.1. The maximum absolute atomic E-state index is 11.7. The Bertz CT molecular complexity index is 637. The molecule has 2 aromatic rings. The molecule has 3 heteroatoms. The first-order valence-corrected chi connectivity index (χ1v) is 7.27. The summed E-state index contributed by atoms with van der Waals surface area (Å²) in [6.07, 6.45) is 0.932. The first-order valence-electron chi connectivity index (χ1n) is 7.27. The number of hydrogen-bond donors (Lipinski definition) is 1. The van der Waals surface area contributed by atoms with Crippen molar-refractivity contribution in [3.05, 3.63) is 65.2 Å². The van der Waals surface area contributed by atoms with Crippen molar-refractivity contribution in [3.8, 4) is 5.75 Å². The summed E-state index contributed by atoms with van der Waals surface area (Å²) in [4.78, 5) is 11.7. The lowest BCUT2D eigenvalue weighted by Crippen LogP contribution is -2.33. The lowest BCUT2D eigenvalue weighted by atomic mass is 9.92. The van der Waals surface area contributed by atoms with Gasteiger partial charge in [-0.15, -0.1) is 0 Å². The van der Waals surface area contributed by atoms with Crippen LogP contribution >= 0.6 is 0 Å². The SMILES string of the molecule is CC(=O)[C@H]1NCCc2cc(OCc3ccccc3)ccc21. The molecule has 0 aromatic heterocycles. The highest BCUT2D eigenvalue weighted by Gasteiger charge is 2.23. The molecule has 1 atom stereocenters. The van der Waals surface area contributed by atoms with Gasteiger partial charge in [0, 0.05) is 6.54 Å². The summed E-state index contributed by atoms with van der Waals surface area (Å²) in [7, 11) is 0. The molecule has 1 aliphatic heterocycles. The molecule has 3 rings (SSSR count). The van der Waals surface area contributed by atoms with Crippen molar-refractivity contribution in [1.82, 2.24) is 5.32 Å². The van der Waals surface area contributed by atoms with E-state index in [0.29, 0.717) is 6.61 Å². The highest BCUT2D eigenvalue weighted by Crippen LogP contribution is 2.27. The summed E-state index contributed by atoms with van der Waals surface area (Å²) < 4.78 is 5.85. The molecule has 0 saturated heterocycles. The molecule has 0 spiro atoms.